The molecule has 0 unspecified atom stereocenters. The second-order valence-corrected chi connectivity index (χ2v) is 5.80. The summed E-state index contributed by atoms with van der Waals surface area (Å²) in [6.07, 6.45) is 5.31. The molecule has 0 aromatic carbocycles. The van der Waals surface area contributed by atoms with Crippen LogP contribution >= 0.6 is 10.9 Å². The topological polar surface area (TPSA) is 54.4 Å². The summed E-state index contributed by atoms with van der Waals surface area (Å²) in [6, 6.07) is 0. The summed E-state index contributed by atoms with van der Waals surface area (Å²) in [4.78, 5) is 23.0. The molecule has 0 bridgehead atoms. The Labute approximate surface area is 139 Å². The summed E-state index contributed by atoms with van der Waals surface area (Å²) >= 11 is 0. The van der Waals surface area contributed by atoms with E-state index in [-0.39, 0.29) is 73.8 Å². The predicted octanol–water partition coefficient (Wildman–Crippen LogP) is 1.12. The van der Waals surface area contributed by atoms with Crippen molar-refractivity contribution in [3.05, 3.63) is 34.8 Å². The third-order valence-electron chi connectivity index (χ3n) is 2.62. The minimum absolute atomic E-state index is 0. The SMILES string of the molecule is O=C1CC([SH]2C=CC=C2)CC(=O)C1=CO.[KH]. The van der Waals surface area contributed by atoms with Gasteiger partial charge in [0, 0.05) is 18.1 Å². The average Bonchev–Trinajstić information content (AvgIpc) is 2.69. The normalized spacial score (nSPS) is 25.9. The number of aliphatic hydroxyl groups excluding tert-OH is 1. The molecular formula is C11H13KO3S. The van der Waals surface area contributed by atoms with E-state index in [4.69, 9.17) is 5.11 Å². The van der Waals surface area contributed by atoms with Crippen molar-refractivity contribution in [2.75, 3.05) is 0 Å². The molecule has 2 rings (SSSR count). The number of allylic oxidation sites excluding steroid dienone is 3. The van der Waals surface area contributed by atoms with Crippen LogP contribution in [-0.4, -0.2) is 73.3 Å². The van der Waals surface area contributed by atoms with Crippen molar-refractivity contribution < 1.29 is 14.7 Å². The second-order valence-electron chi connectivity index (χ2n) is 3.58. The first-order chi connectivity index (χ1) is 7.22. The van der Waals surface area contributed by atoms with E-state index in [1.54, 1.807) is 0 Å². The van der Waals surface area contributed by atoms with Crippen molar-refractivity contribution in [2.45, 2.75) is 18.1 Å². The van der Waals surface area contributed by atoms with E-state index in [2.05, 4.69) is 10.8 Å². The molecule has 0 aromatic rings. The van der Waals surface area contributed by atoms with Crippen LogP contribution in [-0.2, 0) is 9.59 Å². The van der Waals surface area contributed by atoms with Crippen molar-refractivity contribution in [2.24, 2.45) is 0 Å². The number of carbonyl (C=O) groups excluding carboxylic acids is 2. The monoisotopic (exact) mass is 264 g/mol. The van der Waals surface area contributed by atoms with Crippen LogP contribution in [0.1, 0.15) is 12.8 Å². The Kier molecular flexibility index (Phi) is 5.70. The number of Topliss-reactive ketones (excluding diaryl/α,β-unsaturated/α-hetero) is 2. The molecule has 1 N–H and O–H groups in total. The van der Waals surface area contributed by atoms with Crippen LogP contribution in [0.25, 0.3) is 0 Å². The van der Waals surface area contributed by atoms with Gasteiger partial charge in [-0.2, -0.15) is 0 Å². The number of thiol groups is 1. The van der Waals surface area contributed by atoms with E-state index in [1.807, 2.05) is 12.2 Å². The molecule has 1 aliphatic carbocycles. The molecule has 1 fully saturated rings. The molecule has 1 aliphatic heterocycles. The van der Waals surface area contributed by atoms with Gasteiger partial charge in [0.05, 0.1) is 11.8 Å². The fourth-order valence-electron chi connectivity index (χ4n) is 1.82. The predicted molar refractivity (Wildman–Crippen MR) is 68.2 cm³/mol. The molecule has 82 valence electrons. The Morgan fingerprint density at radius 3 is 2.12 bits per heavy atom. The zero-order valence-corrected chi connectivity index (χ0v) is 8.98. The molecule has 0 saturated heterocycles. The number of hydrogen-bond acceptors (Lipinski definition) is 3. The number of ketones is 2. The van der Waals surface area contributed by atoms with Crippen LogP contribution in [0.3, 0.4) is 0 Å². The molecule has 3 nitrogen and oxygen atoms in total. The maximum absolute atomic E-state index is 11.5. The van der Waals surface area contributed by atoms with Gasteiger partial charge in [-0.1, -0.05) is 12.2 Å². The van der Waals surface area contributed by atoms with Gasteiger partial charge in [0.1, 0.15) is 0 Å². The van der Waals surface area contributed by atoms with Gasteiger partial charge in [-0.15, -0.1) is 0 Å². The molecule has 2 aliphatic rings. The molecule has 1 heterocycles. The number of rotatable bonds is 1. The zero-order chi connectivity index (χ0) is 10.8. The Bertz CT molecular complexity index is 366. The van der Waals surface area contributed by atoms with Gasteiger partial charge >= 0.3 is 51.4 Å². The third-order valence-corrected chi connectivity index (χ3v) is 4.86. The van der Waals surface area contributed by atoms with Crippen molar-refractivity contribution >= 4 is 73.8 Å². The number of carbonyl (C=O) groups is 2. The van der Waals surface area contributed by atoms with Crippen molar-refractivity contribution in [3.8, 4) is 0 Å². The average molecular weight is 264 g/mol. The zero-order valence-electron chi connectivity index (χ0n) is 8.09. The Morgan fingerprint density at radius 2 is 1.69 bits per heavy atom. The van der Waals surface area contributed by atoms with Crippen LogP contribution in [0.2, 0.25) is 0 Å². The summed E-state index contributed by atoms with van der Waals surface area (Å²) in [5, 5.41) is 13.0. The molecule has 5 heteroatoms. The molecule has 0 aromatic heterocycles. The second kappa shape index (κ2) is 6.33. The molecule has 1 saturated carbocycles. The number of aliphatic hydroxyl groups is 1. The van der Waals surface area contributed by atoms with Gasteiger partial charge in [0.25, 0.3) is 0 Å². The molecular weight excluding hydrogens is 251 g/mol. The van der Waals surface area contributed by atoms with E-state index >= 15 is 0 Å². The van der Waals surface area contributed by atoms with E-state index < -0.39 is 10.9 Å². The van der Waals surface area contributed by atoms with E-state index in [1.165, 1.54) is 0 Å². The standard InChI is InChI=1S/C11H12O3S.K.H/c12-7-9-10(13)5-8(6-11(9)14)15-3-1-2-4-15;;/h1-4,7-8,12,15H,5-6H2;;. The summed E-state index contributed by atoms with van der Waals surface area (Å²) in [6.45, 7) is 0. The molecule has 0 atom stereocenters. The van der Waals surface area contributed by atoms with Crippen LogP contribution < -0.4 is 0 Å². The van der Waals surface area contributed by atoms with Gasteiger partial charge in [-0.3, -0.25) is 9.59 Å². The quantitative estimate of drug-likeness (QED) is 0.245. The Hall–Kier alpha value is 0.346. The van der Waals surface area contributed by atoms with Crippen LogP contribution in [0.4, 0.5) is 0 Å². The van der Waals surface area contributed by atoms with Crippen molar-refractivity contribution in [3.63, 3.8) is 0 Å². The van der Waals surface area contributed by atoms with Gasteiger partial charge in [-0.25, -0.2) is 10.9 Å². The number of hydrogen-bond donors (Lipinski definition) is 2. The van der Waals surface area contributed by atoms with Crippen LogP contribution in [0.15, 0.2) is 34.8 Å². The molecule has 0 radical (unpaired) electrons. The first-order valence-electron chi connectivity index (χ1n) is 4.75. The first kappa shape index (κ1) is 14.4. The van der Waals surface area contributed by atoms with E-state index in [0.717, 1.165) is 0 Å². The van der Waals surface area contributed by atoms with Crippen LogP contribution in [0, 0.1) is 0 Å². The first-order valence-corrected chi connectivity index (χ1v) is 6.30. The molecule has 16 heavy (non-hydrogen) atoms. The summed E-state index contributed by atoms with van der Waals surface area (Å²) in [7, 11) is -0.452. The molecule has 0 amide bonds. The summed E-state index contributed by atoms with van der Waals surface area (Å²) in [5.74, 6) is -0.454. The van der Waals surface area contributed by atoms with E-state index in [9.17, 15) is 9.59 Å². The van der Waals surface area contributed by atoms with Gasteiger partial charge < -0.3 is 5.11 Å². The summed E-state index contributed by atoms with van der Waals surface area (Å²) in [5.41, 5.74) is -0.0339. The fraction of sp³-hybridized carbons (Fsp3) is 0.273. The fourth-order valence-corrected chi connectivity index (χ4v) is 3.76. The Morgan fingerprint density at radius 1 is 1.19 bits per heavy atom. The van der Waals surface area contributed by atoms with Gasteiger partial charge in [0.15, 0.2) is 11.6 Å². The summed E-state index contributed by atoms with van der Waals surface area (Å²) < 4.78 is 0. The Balaban J connectivity index is 0.00000128. The van der Waals surface area contributed by atoms with Crippen molar-refractivity contribution in [1.29, 1.82) is 0 Å². The van der Waals surface area contributed by atoms with Crippen LogP contribution in [0.5, 0.6) is 0 Å². The van der Waals surface area contributed by atoms with E-state index in [0.29, 0.717) is 19.1 Å². The van der Waals surface area contributed by atoms with Gasteiger partial charge in [-0.05, 0) is 10.8 Å². The minimum atomic E-state index is -0.452. The van der Waals surface area contributed by atoms with Crippen molar-refractivity contribution in [1.82, 2.24) is 0 Å². The van der Waals surface area contributed by atoms with Gasteiger partial charge in [0.2, 0.25) is 0 Å². The molecule has 0 spiro atoms. The maximum atomic E-state index is 11.5. The third kappa shape index (κ3) is 2.97.